The molecule has 1 aromatic carbocycles. The molecule has 0 bridgehead atoms. The Morgan fingerprint density at radius 2 is 1.83 bits per heavy atom. The maximum atomic E-state index is 13.4. The second kappa shape index (κ2) is 12.2. The Labute approximate surface area is 242 Å². The normalized spacial score (nSPS) is 19.9. The molecule has 1 aliphatic carbocycles. The van der Waals surface area contributed by atoms with Crippen LogP contribution in [0.3, 0.4) is 0 Å². The Morgan fingerprint density at radius 3 is 2.45 bits per heavy atom. The molecule has 226 valence electrons. The van der Waals surface area contributed by atoms with Crippen molar-refractivity contribution in [3.8, 4) is 5.88 Å². The molecule has 10 nitrogen and oxygen atoms in total. The number of halogens is 3. The standard InChI is InChI=1S/C29H36F3N7O3/c1-17(2)35-28(41)39-24-10-7-20(29(30,31)32)12-23(24)27(37-39)34-14-25(40)36-21-15-38(16-21)22-8-4-18(5-9-22)19-6-11-26(42-3)33-13-19/h6-7,10-13,17-18,21-22H,4-5,8-9,14-16H2,1-3H3,(H,34,37)(H,35,41)(H,36,40). The number of aromatic nitrogens is 3. The number of ether oxygens (including phenoxy) is 1. The van der Waals surface area contributed by atoms with Gasteiger partial charge < -0.3 is 20.7 Å². The minimum atomic E-state index is -4.56. The van der Waals surface area contributed by atoms with E-state index < -0.39 is 17.8 Å². The van der Waals surface area contributed by atoms with Gasteiger partial charge in [0.05, 0.1) is 30.8 Å². The lowest BCUT2D eigenvalue weighted by Gasteiger charge is -2.46. The van der Waals surface area contributed by atoms with Gasteiger partial charge in [-0.3, -0.25) is 9.69 Å². The molecule has 1 aliphatic heterocycles. The van der Waals surface area contributed by atoms with Crippen molar-refractivity contribution >= 4 is 28.7 Å². The van der Waals surface area contributed by atoms with E-state index in [1.165, 1.54) is 11.6 Å². The third-order valence-corrected chi connectivity index (χ3v) is 7.96. The predicted octanol–water partition coefficient (Wildman–Crippen LogP) is 4.36. The Bertz CT molecular complexity index is 1410. The number of hydrogen-bond donors (Lipinski definition) is 3. The number of methoxy groups -OCH3 is 1. The van der Waals surface area contributed by atoms with Gasteiger partial charge in [0.1, 0.15) is 0 Å². The monoisotopic (exact) mass is 587 g/mol. The number of pyridine rings is 1. The molecule has 3 aromatic rings. The van der Waals surface area contributed by atoms with Gasteiger partial charge in [-0.1, -0.05) is 6.07 Å². The van der Waals surface area contributed by atoms with Crippen LogP contribution in [0.5, 0.6) is 5.88 Å². The van der Waals surface area contributed by atoms with E-state index in [9.17, 15) is 22.8 Å². The van der Waals surface area contributed by atoms with Crippen molar-refractivity contribution in [3.63, 3.8) is 0 Å². The lowest BCUT2D eigenvalue weighted by Crippen LogP contribution is -2.63. The van der Waals surface area contributed by atoms with Gasteiger partial charge >= 0.3 is 12.2 Å². The summed E-state index contributed by atoms with van der Waals surface area (Å²) in [7, 11) is 1.61. The molecule has 3 heterocycles. The van der Waals surface area contributed by atoms with Crippen molar-refractivity contribution in [3.05, 3.63) is 47.7 Å². The van der Waals surface area contributed by atoms with Crippen molar-refractivity contribution in [2.24, 2.45) is 0 Å². The summed E-state index contributed by atoms with van der Waals surface area (Å²) in [5, 5.41) is 12.8. The van der Waals surface area contributed by atoms with Crippen LogP contribution in [0.4, 0.5) is 23.8 Å². The molecule has 1 saturated heterocycles. The second-order valence-corrected chi connectivity index (χ2v) is 11.3. The maximum Gasteiger partial charge on any atom is 0.416 e. The summed E-state index contributed by atoms with van der Waals surface area (Å²) in [6, 6.07) is 6.75. The molecule has 5 rings (SSSR count). The third-order valence-electron chi connectivity index (χ3n) is 7.96. The minimum Gasteiger partial charge on any atom is -0.481 e. The number of anilines is 1. The number of fused-ring (bicyclic) bond motifs is 1. The van der Waals surface area contributed by atoms with Crippen molar-refractivity contribution in [1.82, 2.24) is 30.3 Å². The first-order valence-electron chi connectivity index (χ1n) is 14.2. The summed E-state index contributed by atoms with van der Waals surface area (Å²) in [4.78, 5) is 32.0. The van der Waals surface area contributed by atoms with E-state index in [4.69, 9.17) is 4.74 Å². The molecular formula is C29H36F3N7O3. The smallest absolute Gasteiger partial charge is 0.416 e. The first kappa shape index (κ1) is 29.6. The van der Waals surface area contributed by atoms with E-state index in [1.54, 1.807) is 21.0 Å². The highest BCUT2D eigenvalue weighted by Crippen LogP contribution is 2.36. The van der Waals surface area contributed by atoms with E-state index in [0.717, 1.165) is 55.6 Å². The van der Waals surface area contributed by atoms with Crippen LogP contribution in [-0.4, -0.2) is 76.5 Å². The molecule has 2 fully saturated rings. The molecule has 42 heavy (non-hydrogen) atoms. The third kappa shape index (κ3) is 6.61. The van der Waals surface area contributed by atoms with Crippen LogP contribution in [0, 0.1) is 0 Å². The molecule has 1 saturated carbocycles. The summed E-state index contributed by atoms with van der Waals surface area (Å²) in [5.74, 6) is 0.843. The topological polar surface area (TPSA) is 113 Å². The number of carbonyl (C=O) groups excluding carboxylic acids is 2. The zero-order valence-corrected chi connectivity index (χ0v) is 23.9. The highest BCUT2D eigenvalue weighted by Gasteiger charge is 2.36. The molecule has 0 radical (unpaired) electrons. The van der Waals surface area contributed by atoms with Gasteiger partial charge in [0.2, 0.25) is 11.8 Å². The van der Waals surface area contributed by atoms with Crippen LogP contribution in [0.2, 0.25) is 0 Å². The Hall–Kier alpha value is -3.87. The van der Waals surface area contributed by atoms with Gasteiger partial charge in [0.25, 0.3) is 0 Å². The summed E-state index contributed by atoms with van der Waals surface area (Å²) in [5.41, 5.74) is 0.579. The average Bonchev–Trinajstić information content (AvgIpc) is 3.31. The van der Waals surface area contributed by atoms with Gasteiger partial charge in [-0.25, -0.2) is 9.78 Å². The fraction of sp³-hybridized carbons (Fsp3) is 0.517. The minimum absolute atomic E-state index is 0.00534. The van der Waals surface area contributed by atoms with Crippen LogP contribution >= 0.6 is 0 Å². The van der Waals surface area contributed by atoms with Crippen LogP contribution in [0.15, 0.2) is 36.5 Å². The number of amides is 2. The van der Waals surface area contributed by atoms with E-state index >= 15 is 0 Å². The van der Waals surface area contributed by atoms with Gasteiger partial charge in [-0.2, -0.15) is 17.9 Å². The molecule has 13 heteroatoms. The Balaban J connectivity index is 1.13. The number of likely N-dealkylation sites (tertiary alicyclic amines) is 1. The number of carbonyl (C=O) groups is 2. The molecule has 0 atom stereocenters. The fourth-order valence-corrected chi connectivity index (χ4v) is 5.76. The lowest BCUT2D eigenvalue weighted by molar-refractivity contribution is -0.137. The first-order valence-corrected chi connectivity index (χ1v) is 14.2. The van der Waals surface area contributed by atoms with E-state index in [1.807, 2.05) is 12.3 Å². The van der Waals surface area contributed by atoms with Crippen LogP contribution in [0.1, 0.15) is 56.6 Å². The molecular weight excluding hydrogens is 551 g/mol. The van der Waals surface area contributed by atoms with E-state index in [2.05, 4.69) is 37.0 Å². The zero-order valence-electron chi connectivity index (χ0n) is 23.9. The van der Waals surface area contributed by atoms with Crippen LogP contribution in [0.25, 0.3) is 10.9 Å². The number of hydrogen-bond acceptors (Lipinski definition) is 7. The van der Waals surface area contributed by atoms with E-state index in [0.29, 0.717) is 17.8 Å². The summed E-state index contributed by atoms with van der Waals surface area (Å²) >= 11 is 0. The van der Waals surface area contributed by atoms with Gasteiger partial charge in [0, 0.05) is 42.8 Å². The molecule has 2 aromatic heterocycles. The molecule has 0 unspecified atom stereocenters. The zero-order chi connectivity index (χ0) is 30.0. The van der Waals surface area contributed by atoms with Crippen LogP contribution in [-0.2, 0) is 11.0 Å². The summed E-state index contributed by atoms with van der Waals surface area (Å²) in [6.07, 6.45) is 1.67. The average molecular weight is 588 g/mol. The molecule has 2 aliphatic rings. The van der Waals surface area contributed by atoms with Crippen molar-refractivity contribution in [2.75, 3.05) is 32.1 Å². The number of nitrogens with one attached hydrogen (secondary N) is 3. The Kier molecular flexibility index (Phi) is 8.58. The number of nitrogens with zero attached hydrogens (tertiary/aromatic N) is 4. The second-order valence-electron chi connectivity index (χ2n) is 11.3. The largest absolute Gasteiger partial charge is 0.481 e. The van der Waals surface area contributed by atoms with Crippen LogP contribution < -0.4 is 20.7 Å². The lowest BCUT2D eigenvalue weighted by atomic mass is 9.81. The van der Waals surface area contributed by atoms with Gasteiger partial charge in [-0.05, 0) is 69.2 Å². The highest BCUT2D eigenvalue weighted by molar-refractivity contribution is 5.98. The Morgan fingerprint density at radius 1 is 1.10 bits per heavy atom. The van der Waals surface area contributed by atoms with Gasteiger partial charge in [-0.15, -0.1) is 5.10 Å². The van der Waals surface area contributed by atoms with Gasteiger partial charge in [0.15, 0.2) is 5.82 Å². The van der Waals surface area contributed by atoms with E-state index in [-0.39, 0.29) is 41.3 Å². The SMILES string of the molecule is COc1ccc(C2CCC(N3CC(NC(=O)CNc4nn(C(=O)NC(C)C)c5ccc(C(F)(F)F)cc45)C3)CC2)cn1. The highest BCUT2D eigenvalue weighted by atomic mass is 19.4. The van der Waals surface area contributed by atoms with Crippen molar-refractivity contribution < 1.29 is 27.5 Å². The van der Waals surface area contributed by atoms with Crippen molar-refractivity contribution in [2.45, 2.75) is 69.8 Å². The number of benzene rings is 1. The summed E-state index contributed by atoms with van der Waals surface area (Å²) in [6.45, 7) is 4.86. The maximum absolute atomic E-state index is 13.4. The van der Waals surface area contributed by atoms with Crippen molar-refractivity contribution in [1.29, 1.82) is 0 Å². The molecule has 0 spiro atoms. The first-order chi connectivity index (χ1) is 20.0. The number of alkyl halides is 3. The summed E-state index contributed by atoms with van der Waals surface area (Å²) < 4.78 is 46.3. The molecule has 2 amide bonds. The molecule has 3 N–H and O–H groups in total. The quantitative estimate of drug-likeness (QED) is 0.359. The predicted molar refractivity (Wildman–Crippen MR) is 152 cm³/mol. The number of rotatable bonds is 8. The fourth-order valence-electron chi connectivity index (χ4n) is 5.76.